The predicted octanol–water partition coefficient (Wildman–Crippen LogP) is 2.17. The van der Waals surface area contributed by atoms with E-state index in [-0.39, 0.29) is 11.8 Å². The summed E-state index contributed by atoms with van der Waals surface area (Å²) in [6.45, 7) is 6.19. The molecule has 1 aliphatic rings. The second kappa shape index (κ2) is 5.55. The van der Waals surface area contributed by atoms with Crippen molar-refractivity contribution >= 4 is 11.6 Å². The molecule has 2 rings (SSSR count). The molecule has 1 aromatic rings. The summed E-state index contributed by atoms with van der Waals surface area (Å²) in [4.78, 5) is 20.9. The van der Waals surface area contributed by atoms with Gasteiger partial charge in [0.15, 0.2) is 5.69 Å². The maximum absolute atomic E-state index is 12.3. The van der Waals surface area contributed by atoms with Gasteiger partial charge in [0.1, 0.15) is 5.82 Å². The van der Waals surface area contributed by atoms with Crippen LogP contribution in [0.5, 0.6) is 0 Å². The van der Waals surface area contributed by atoms with Crippen LogP contribution in [0.15, 0.2) is 6.20 Å². The van der Waals surface area contributed by atoms with Crippen LogP contribution in [0.1, 0.15) is 55.8 Å². The van der Waals surface area contributed by atoms with E-state index in [2.05, 4.69) is 27.5 Å². The highest BCUT2D eigenvalue weighted by Crippen LogP contribution is 2.33. The molecule has 0 aliphatic heterocycles. The number of rotatable bonds is 5. The van der Waals surface area contributed by atoms with Gasteiger partial charge in [-0.3, -0.25) is 4.79 Å². The molecule has 1 saturated carbocycles. The Morgan fingerprint density at radius 1 is 1.53 bits per heavy atom. The third-order valence-corrected chi connectivity index (χ3v) is 3.57. The van der Waals surface area contributed by atoms with Crippen molar-refractivity contribution < 1.29 is 4.79 Å². The van der Waals surface area contributed by atoms with Crippen molar-refractivity contribution in [2.75, 3.05) is 12.4 Å². The average Bonchev–Trinajstić information content (AvgIpc) is 3.16. The van der Waals surface area contributed by atoms with E-state index in [0.717, 1.165) is 12.8 Å². The number of amides is 1. The molecule has 1 amide bonds. The third kappa shape index (κ3) is 3.03. The minimum absolute atomic E-state index is 0.102. The molecule has 104 valence electrons. The van der Waals surface area contributed by atoms with Gasteiger partial charge < -0.3 is 10.6 Å². The standard InChI is InChI=1S/C14H22N4O/c1-5-9-6-10(9)17-14(19)12-11(15-4)7-16-13(18-12)8(2)3/h7-10,15H,5-6H2,1-4H3,(H,17,19). The number of nitrogens with zero attached hydrogens (tertiary/aromatic N) is 2. The van der Waals surface area contributed by atoms with Crippen LogP contribution in [0.3, 0.4) is 0 Å². The summed E-state index contributed by atoms with van der Waals surface area (Å²) in [5, 5.41) is 6.02. The molecule has 2 N–H and O–H groups in total. The Hall–Kier alpha value is -1.65. The van der Waals surface area contributed by atoms with Gasteiger partial charge in [0.25, 0.3) is 5.91 Å². The van der Waals surface area contributed by atoms with Gasteiger partial charge in [-0.1, -0.05) is 27.2 Å². The van der Waals surface area contributed by atoms with Crippen LogP contribution in [-0.2, 0) is 0 Å². The van der Waals surface area contributed by atoms with E-state index in [1.165, 1.54) is 0 Å². The molecule has 2 unspecified atom stereocenters. The molecule has 1 heterocycles. The highest BCUT2D eigenvalue weighted by atomic mass is 16.2. The number of carbonyl (C=O) groups is 1. The van der Waals surface area contributed by atoms with Crippen molar-refractivity contribution in [3.8, 4) is 0 Å². The second-order valence-corrected chi connectivity index (χ2v) is 5.38. The molecule has 1 fully saturated rings. The number of hydrogen-bond donors (Lipinski definition) is 2. The number of anilines is 1. The van der Waals surface area contributed by atoms with Gasteiger partial charge in [-0.05, 0) is 12.3 Å². The highest BCUT2D eigenvalue weighted by Gasteiger charge is 2.37. The van der Waals surface area contributed by atoms with Crippen LogP contribution in [-0.4, -0.2) is 29.0 Å². The molecule has 5 nitrogen and oxygen atoms in total. The van der Waals surface area contributed by atoms with E-state index in [0.29, 0.717) is 29.2 Å². The number of aromatic nitrogens is 2. The number of nitrogens with one attached hydrogen (secondary N) is 2. The van der Waals surface area contributed by atoms with Crippen molar-refractivity contribution in [1.29, 1.82) is 0 Å². The Morgan fingerprint density at radius 3 is 2.79 bits per heavy atom. The van der Waals surface area contributed by atoms with E-state index in [4.69, 9.17) is 0 Å². The molecule has 0 bridgehead atoms. The molecule has 0 aromatic carbocycles. The van der Waals surface area contributed by atoms with Gasteiger partial charge in [-0.2, -0.15) is 0 Å². The zero-order valence-electron chi connectivity index (χ0n) is 12.0. The van der Waals surface area contributed by atoms with Crippen molar-refractivity contribution in [1.82, 2.24) is 15.3 Å². The number of hydrogen-bond acceptors (Lipinski definition) is 4. The largest absolute Gasteiger partial charge is 0.385 e. The van der Waals surface area contributed by atoms with Crippen LogP contribution in [0.4, 0.5) is 5.69 Å². The fourth-order valence-corrected chi connectivity index (χ4v) is 2.14. The second-order valence-electron chi connectivity index (χ2n) is 5.38. The smallest absolute Gasteiger partial charge is 0.272 e. The van der Waals surface area contributed by atoms with Crippen molar-refractivity contribution in [2.24, 2.45) is 5.92 Å². The Kier molecular flexibility index (Phi) is 4.02. The van der Waals surface area contributed by atoms with E-state index < -0.39 is 0 Å². The first kappa shape index (κ1) is 13.8. The van der Waals surface area contributed by atoms with Crippen LogP contribution in [0, 0.1) is 5.92 Å². The topological polar surface area (TPSA) is 66.9 Å². The van der Waals surface area contributed by atoms with Crippen molar-refractivity contribution in [2.45, 2.75) is 45.6 Å². The molecule has 0 radical (unpaired) electrons. The fraction of sp³-hybridized carbons (Fsp3) is 0.643. The number of carbonyl (C=O) groups excluding carboxylic acids is 1. The van der Waals surface area contributed by atoms with E-state index in [9.17, 15) is 4.79 Å². The molecule has 0 spiro atoms. The summed E-state index contributed by atoms with van der Waals surface area (Å²) < 4.78 is 0. The van der Waals surface area contributed by atoms with Crippen LogP contribution >= 0.6 is 0 Å². The van der Waals surface area contributed by atoms with Crippen LogP contribution in [0.25, 0.3) is 0 Å². The molecule has 0 saturated heterocycles. The van der Waals surface area contributed by atoms with Crippen LogP contribution in [0.2, 0.25) is 0 Å². The quantitative estimate of drug-likeness (QED) is 0.853. The highest BCUT2D eigenvalue weighted by molar-refractivity contribution is 5.97. The van der Waals surface area contributed by atoms with Gasteiger partial charge in [0.05, 0.1) is 11.9 Å². The van der Waals surface area contributed by atoms with Gasteiger partial charge in [-0.15, -0.1) is 0 Å². The van der Waals surface area contributed by atoms with Gasteiger partial charge in [0.2, 0.25) is 0 Å². The zero-order valence-corrected chi connectivity index (χ0v) is 12.0. The minimum Gasteiger partial charge on any atom is -0.385 e. The SMILES string of the molecule is CCC1CC1NC(=O)c1nc(C(C)C)ncc1NC. The summed E-state index contributed by atoms with van der Waals surface area (Å²) in [7, 11) is 1.77. The summed E-state index contributed by atoms with van der Waals surface area (Å²) in [6, 6.07) is 0.319. The lowest BCUT2D eigenvalue weighted by molar-refractivity contribution is 0.0944. The Labute approximate surface area is 114 Å². The maximum atomic E-state index is 12.3. The van der Waals surface area contributed by atoms with E-state index >= 15 is 0 Å². The first-order chi connectivity index (χ1) is 9.06. The first-order valence-electron chi connectivity index (χ1n) is 6.92. The van der Waals surface area contributed by atoms with Crippen LogP contribution < -0.4 is 10.6 Å². The monoisotopic (exact) mass is 262 g/mol. The summed E-state index contributed by atoms with van der Waals surface area (Å²) >= 11 is 0. The molecular weight excluding hydrogens is 240 g/mol. The Balaban J connectivity index is 2.16. The van der Waals surface area contributed by atoms with E-state index in [1.54, 1.807) is 13.2 Å². The fourth-order valence-electron chi connectivity index (χ4n) is 2.14. The molecule has 2 atom stereocenters. The Morgan fingerprint density at radius 2 is 2.26 bits per heavy atom. The molecule has 1 aromatic heterocycles. The summed E-state index contributed by atoms with van der Waals surface area (Å²) in [5.41, 5.74) is 1.12. The van der Waals surface area contributed by atoms with Crippen molar-refractivity contribution in [3.63, 3.8) is 0 Å². The molecular formula is C14H22N4O. The van der Waals surface area contributed by atoms with Gasteiger partial charge in [0, 0.05) is 19.0 Å². The molecule has 1 aliphatic carbocycles. The normalized spacial score (nSPS) is 21.3. The Bertz CT molecular complexity index is 473. The average molecular weight is 262 g/mol. The van der Waals surface area contributed by atoms with Gasteiger partial charge in [-0.25, -0.2) is 9.97 Å². The van der Waals surface area contributed by atoms with Crippen molar-refractivity contribution in [3.05, 3.63) is 17.7 Å². The lowest BCUT2D eigenvalue weighted by Gasteiger charge is -2.11. The summed E-state index contributed by atoms with van der Waals surface area (Å²) in [5.74, 6) is 1.44. The maximum Gasteiger partial charge on any atom is 0.272 e. The van der Waals surface area contributed by atoms with E-state index in [1.807, 2.05) is 13.8 Å². The lowest BCUT2D eigenvalue weighted by atomic mass is 10.2. The molecule has 19 heavy (non-hydrogen) atoms. The zero-order chi connectivity index (χ0) is 14.0. The third-order valence-electron chi connectivity index (χ3n) is 3.57. The lowest BCUT2D eigenvalue weighted by Crippen LogP contribution is -2.29. The summed E-state index contributed by atoms with van der Waals surface area (Å²) in [6.07, 6.45) is 3.88. The minimum atomic E-state index is -0.102. The molecule has 5 heteroatoms. The predicted molar refractivity (Wildman–Crippen MR) is 75.3 cm³/mol. The first-order valence-corrected chi connectivity index (χ1v) is 6.92. The van der Waals surface area contributed by atoms with Gasteiger partial charge >= 0.3 is 0 Å².